The molecule has 18 heavy (non-hydrogen) atoms. The molecular weight excluding hydrogens is 230 g/mol. The Hall–Kier alpha value is -1.97. The summed E-state index contributed by atoms with van der Waals surface area (Å²) in [5.74, 6) is -0.867. The molecule has 0 spiro atoms. The number of Topliss-reactive ketones (excluding diaryl/α,β-unsaturated/α-hetero) is 1. The van der Waals surface area contributed by atoms with E-state index in [0.717, 1.165) is 5.56 Å². The van der Waals surface area contributed by atoms with Gasteiger partial charge in [0.05, 0.1) is 0 Å². The summed E-state index contributed by atoms with van der Waals surface area (Å²) in [4.78, 5) is 34.3. The highest BCUT2D eigenvalue weighted by Crippen LogP contribution is 2.17. The summed E-state index contributed by atoms with van der Waals surface area (Å²) >= 11 is 0. The van der Waals surface area contributed by atoms with Crippen LogP contribution in [0.2, 0.25) is 0 Å². The Kier molecular flexibility index (Phi) is 3.87. The predicted molar refractivity (Wildman–Crippen MR) is 65.6 cm³/mol. The van der Waals surface area contributed by atoms with Crippen molar-refractivity contribution in [2.24, 2.45) is 5.92 Å². The van der Waals surface area contributed by atoms with Crippen molar-refractivity contribution >= 4 is 17.6 Å². The van der Waals surface area contributed by atoms with Gasteiger partial charge in [0, 0.05) is 25.2 Å². The number of rotatable bonds is 4. The van der Waals surface area contributed by atoms with E-state index < -0.39 is 0 Å². The lowest BCUT2D eigenvalue weighted by atomic mass is 9.91. The van der Waals surface area contributed by atoms with Crippen molar-refractivity contribution in [3.8, 4) is 0 Å². The number of hydrogen-bond acceptors (Lipinski definition) is 3. The lowest BCUT2D eigenvalue weighted by molar-refractivity contribution is -0.138. The second-order valence-corrected chi connectivity index (χ2v) is 4.55. The van der Waals surface area contributed by atoms with Gasteiger partial charge in [-0.1, -0.05) is 30.3 Å². The van der Waals surface area contributed by atoms with Crippen LogP contribution in [0.4, 0.5) is 0 Å². The molecule has 1 aromatic rings. The Morgan fingerprint density at radius 3 is 2.61 bits per heavy atom. The third-order valence-corrected chi connectivity index (χ3v) is 3.07. The second kappa shape index (κ2) is 5.58. The molecule has 0 saturated carbocycles. The van der Waals surface area contributed by atoms with Gasteiger partial charge in [-0.2, -0.15) is 0 Å². The van der Waals surface area contributed by atoms with Gasteiger partial charge >= 0.3 is 0 Å². The van der Waals surface area contributed by atoms with Crippen LogP contribution >= 0.6 is 0 Å². The van der Waals surface area contributed by atoms with E-state index in [1.807, 2.05) is 30.3 Å². The van der Waals surface area contributed by atoms with Crippen LogP contribution in [-0.4, -0.2) is 17.6 Å². The number of piperidine rings is 1. The molecule has 4 heteroatoms. The highest BCUT2D eigenvalue weighted by Gasteiger charge is 2.28. The summed E-state index contributed by atoms with van der Waals surface area (Å²) in [6.45, 7) is 0. The zero-order valence-corrected chi connectivity index (χ0v) is 10.0. The zero-order chi connectivity index (χ0) is 13.0. The van der Waals surface area contributed by atoms with Gasteiger partial charge in [0.2, 0.25) is 11.8 Å². The number of carbonyl (C=O) groups is 3. The zero-order valence-electron chi connectivity index (χ0n) is 10.0. The van der Waals surface area contributed by atoms with E-state index in [0.29, 0.717) is 19.3 Å². The first kappa shape index (κ1) is 12.5. The first-order chi connectivity index (χ1) is 8.65. The fourth-order valence-corrected chi connectivity index (χ4v) is 2.10. The van der Waals surface area contributed by atoms with Crippen molar-refractivity contribution in [1.82, 2.24) is 5.32 Å². The van der Waals surface area contributed by atoms with E-state index in [1.54, 1.807) is 0 Å². The average molecular weight is 245 g/mol. The largest absolute Gasteiger partial charge is 0.299 e. The summed E-state index contributed by atoms with van der Waals surface area (Å²) in [5.41, 5.74) is 0.954. The molecule has 1 atom stereocenters. The molecule has 94 valence electrons. The van der Waals surface area contributed by atoms with Crippen molar-refractivity contribution in [2.75, 3.05) is 0 Å². The molecule has 0 aromatic heterocycles. The highest BCUT2D eigenvalue weighted by molar-refractivity contribution is 6.00. The fourth-order valence-electron chi connectivity index (χ4n) is 2.10. The Balaban J connectivity index is 1.88. The van der Waals surface area contributed by atoms with Crippen molar-refractivity contribution in [1.29, 1.82) is 0 Å². The van der Waals surface area contributed by atoms with Crippen molar-refractivity contribution in [3.05, 3.63) is 35.9 Å². The summed E-state index contributed by atoms with van der Waals surface area (Å²) in [5, 5.41) is 2.27. The lowest BCUT2D eigenvalue weighted by Gasteiger charge is -2.19. The first-order valence-corrected chi connectivity index (χ1v) is 6.04. The number of nitrogens with one attached hydrogen (secondary N) is 1. The number of imide groups is 1. The standard InChI is InChI=1S/C14H15NO3/c16-12(8-10-4-2-1-3-5-10)9-11-6-7-13(17)15-14(11)18/h1-5,11H,6-9H2,(H,15,17,18). The van der Waals surface area contributed by atoms with Crippen LogP contribution in [0.3, 0.4) is 0 Å². The molecule has 1 saturated heterocycles. The van der Waals surface area contributed by atoms with Crippen LogP contribution in [-0.2, 0) is 20.8 Å². The van der Waals surface area contributed by atoms with E-state index in [1.165, 1.54) is 0 Å². The van der Waals surface area contributed by atoms with Gasteiger partial charge in [-0.3, -0.25) is 19.7 Å². The molecule has 1 aliphatic heterocycles. The quantitative estimate of drug-likeness (QED) is 0.812. The van der Waals surface area contributed by atoms with Gasteiger partial charge in [0.1, 0.15) is 5.78 Å². The van der Waals surface area contributed by atoms with Gasteiger partial charge in [-0.15, -0.1) is 0 Å². The first-order valence-electron chi connectivity index (χ1n) is 6.04. The molecule has 1 aliphatic rings. The predicted octanol–water partition coefficient (Wildman–Crippen LogP) is 1.24. The second-order valence-electron chi connectivity index (χ2n) is 4.55. The topological polar surface area (TPSA) is 63.2 Å². The van der Waals surface area contributed by atoms with E-state index in [4.69, 9.17) is 0 Å². The number of amides is 2. The SMILES string of the molecule is O=C(Cc1ccccc1)CC1CCC(=O)NC1=O. The Bertz CT molecular complexity index is 467. The molecule has 1 unspecified atom stereocenters. The number of ketones is 1. The van der Waals surface area contributed by atoms with E-state index in [9.17, 15) is 14.4 Å². The summed E-state index contributed by atoms with van der Waals surface area (Å²) < 4.78 is 0. The van der Waals surface area contributed by atoms with Crippen LogP contribution in [0.25, 0.3) is 0 Å². The van der Waals surface area contributed by atoms with Crippen molar-refractivity contribution in [2.45, 2.75) is 25.7 Å². The van der Waals surface area contributed by atoms with Crippen LogP contribution in [0.5, 0.6) is 0 Å². The third kappa shape index (κ3) is 3.26. The maximum absolute atomic E-state index is 11.8. The maximum Gasteiger partial charge on any atom is 0.230 e. The average Bonchev–Trinajstić information content (AvgIpc) is 2.34. The van der Waals surface area contributed by atoms with E-state index in [2.05, 4.69) is 5.32 Å². The van der Waals surface area contributed by atoms with Crippen molar-refractivity contribution < 1.29 is 14.4 Å². The van der Waals surface area contributed by atoms with Gasteiger partial charge in [-0.25, -0.2) is 0 Å². The van der Waals surface area contributed by atoms with Gasteiger partial charge < -0.3 is 0 Å². The molecule has 0 bridgehead atoms. The molecular formula is C14H15NO3. The molecule has 1 heterocycles. The fraction of sp³-hybridized carbons (Fsp3) is 0.357. The molecule has 2 rings (SSSR count). The molecule has 1 fully saturated rings. The van der Waals surface area contributed by atoms with Gasteiger partial charge in [-0.05, 0) is 12.0 Å². The van der Waals surface area contributed by atoms with Crippen LogP contribution in [0, 0.1) is 5.92 Å². The number of benzene rings is 1. The van der Waals surface area contributed by atoms with E-state index in [-0.39, 0.29) is 29.9 Å². The van der Waals surface area contributed by atoms with E-state index >= 15 is 0 Å². The number of hydrogen-bond donors (Lipinski definition) is 1. The normalized spacial score (nSPS) is 19.4. The minimum absolute atomic E-state index is 0.0377. The van der Waals surface area contributed by atoms with Crippen LogP contribution < -0.4 is 5.32 Å². The summed E-state index contributed by atoms with van der Waals surface area (Å²) in [6.07, 6.45) is 1.37. The van der Waals surface area contributed by atoms with Crippen LogP contribution in [0.1, 0.15) is 24.8 Å². The van der Waals surface area contributed by atoms with Gasteiger partial charge in [0.15, 0.2) is 0 Å². The van der Waals surface area contributed by atoms with Crippen LogP contribution in [0.15, 0.2) is 30.3 Å². The molecule has 1 aromatic carbocycles. The molecule has 0 aliphatic carbocycles. The third-order valence-electron chi connectivity index (χ3n) is 3.07. The summed E-state index contributed by atoms with van der Waals surface area (Å²) in [7, 11) is 0. The van der Waals surface area contributed by atoms with Gasteiger partial charge in [0.25, 0.3) is 0 Å². The monoisotopic (exact) mass is 245 g/mol. The maximum atomic E-state index is 11.8. The summed E-state index contributed by atoms with van der Waals surface area (Å²) in [6, 6.07) is 9.45. The minimum atomic E-state index is -0.348. The Morgan fingerprint density at radius 1 is 1.22 bits per heavy atom. The Labute approximate surface area is 105 Å². The minimum Gasteiger partial charge on any atom is -0.299 e. The Morgan fingerprint density at radius 2 is 1.94 bits per heavy atom. The smallest absolute Gasteiger partial charge is 0.230 e. The molecule has 1 N–H and O–H groups in total. The number of carbonyl (C=O) groups excluding carboxylic acids is 3. The molecule has 0 radical (unpaired) electrons. The molecule has 2 amide bonds. The highest BCUT2D eigenvalue weighted by atomic mass is 16.2. The molecule has 4 nitrogen and oxygen atoms in total. The van der Waals surface area contributed by atoms with Crippen molar-refractivity contribution in [3.63, 3.8) is 0 Å². The lowest BCUT2D eigenvalue weighted by Crippen LogP contribution is -2.41.